The summed E-state index contributed by atoms with van der Waals surface area (Å²) in [6.07, 6.45) is 3.00. The first kappa shape index (κ1) is 14.9. The Morgan fingerprint density at radius 1 is 1.45 bits per heavy atom. The Morgan fingerprint density at radius 2 is 2.15 bits per heavy atom. The van der Waals surface area contributed by atoms with E-state index in [0.717, 1.165) is 6.42 Å². The summed E-state index contributed by atoms with van der Waals surface area (Å²) in [6.45, 7) is 1.87. The molecule has 1 unspecified atom stereocenters. The Morgan fingerprint density at radius 3 is 2.75 bits per heavy atom. The highest BCUT2D eigenvalue weighted by atomic mass is 19.3. The number of carbonyl (C=O) groups excluding carboxylic acids is 1. The molecule has 1 aliphatic carbocycles. The van der Waals surface area contributed by atoms with E-state index in [-0.39, 0.29) is 24.3 Å². The lowest BCUT2D eigenvalue weighted by atomic mass is 9.94. The van der Waals surface area contributed by atoms with Crippen LogP contribution in [0.5, 0.6) is 0 Å². The van der Waals surface area contributed by atoms with Crippen molar-refractivity contribution in [3.63, 3.8) is 0 Å². The van der Waals surface area contributed by atoms with Crippen molar-refractivity contribution in [3.8, 4) is 0 Å². The van der Waals surface area contributed by atoms with Crippen LogP contribution in [0.2, 0.25) is 0 Å². The molecule has 1 fully saturated rings. The Labute approximate surface area is 116 Å². The minimum absolute atomic E-state index is 0.00159. The summed E-state index contributed by atoms with van der Waals surface area (Å²) in [6, 6.07) is 0. The van der Waals surface area contributed by atoms with Gasteiger partial charge in [0.15, 0.2) is 0 Å². The van der Waals surface area contributed by atoms with Gasteiger partial charge in [0.05, 0.1) is 6.54 Å². The number of carbonyl (C=O) groups is 1. The van der Waals surface area contributed by atoms with Gasteiger partial charge in [-0.25, -0.2) is 8.78 Å². The number of amides is 1. The highest BCUT2D eigenvalue weighted by Gasteiger charge is 2.22. The number of nitrogens with one attached hydrogen (secondary N) is 1. The molecule has 1 heterocycles. The van der Waals surface area contributed by atoms with E-state index in [4.69, 9.17) is 0 Å². The molecule has 20 heavy (non-hydrogen) atoms. The van der Waals surface area contributed by atoms with E-state index in [2.05, 4.69) is 20.0 Å². The molecular weight excluding hydrogens is 268 g/mol. The van der Waals surface area contributed by atoms with E-state index < -0.39 is 12.2 Å². The minimum atomic E-state index is -2.76. The molecule has 0 saturated heterocycles. The molecule has 0 bridgehead atoms. The molecule has 5 nitrogen and oxygen atoms in total. The SMILES string of the molecule is CC(CC1CCCC1)C(=O)NCc1nc(C(F)F)no1. The zero-order chi connectivity index (χ0) is 14.5. The first-order chi connectivity index (χ1) is 9.56. The Kier molecular flexibility index (Phi) is 5.03. The van der Waals surface area contributed by atoms with Gasteiger partial charge in [-0.05, 0) is 12.3 Å². The van der Waals surface area contributed by atoms with Gasteiger partial charge >= 0.3 is 6.43 Å². The predicted molar refractivity (Wildman–Crippen MR) is 66.8 cm³/mol. The fourth-order valence-corrected chi connectivity index (χ4v) is 2.62. The summed E-state index contributed by atoms with van der Waals surface area (Å²) >= 11 is 0. The fourth-order valence-electron chi connectivity index (χ4n) is 2.62. The normalized spacial score (nSPS) is 17.6. The number of rotatable bonds is 6. The van der Waals surface area contributed by atoms with E-state index in [1.165, 1.54) is 25.7 Å². The third kappa shape index (κ3) is 3.98. The summed E-state index contributed by atoms with van der Waals surface area (Å²) in [5.41, 5.74) is 0. The van der Waals surface area contributed by atoms with Crippen LogP contribution in [0.4, 0.5) is 8.78 Å². The predicted octanol–water partition coefficient (Wildman–Crippen LogP) is 2.84. The van der Waals surface area contributed by atoms with Gasteiger partial charge in [0.2, 0.25) is 17.6 Å². The van der Waals surface area contributed by atoms with Gasteiger partial charge in [-0.1, -0.05) is 37.8 Å². The van der Waals surface area contributed by atoms with Crippen LogP contribution in [0.25, 0.3) is 0 Å². The lowest BCUT2D eigenvalue weighted by molar-refractivity contribution is -0.125. The molecule has 1 aromatic rings. The van der Waals surface area contributed by atoms with Crippen LogP contribution in [0.3, 0.4) is 0 Å². The summed E-state index contributed by atoms with van der Waals surface area (Å²) in [7, 11) is 0. The van der Waals surface area contributed by atoms with Crippen molar-refractivity contribution in [2.24, 2.45) is 11.8 Å². The molecule has 0 aliphatic heterocycles. The molecule has 1 amide bonds. The smallest absolute Gasteiger partial charge is 0.300 e. The molecule has 112 valence electrons. The van der Waals surface area contributed by atoms with Gasteiger partial charge in [0.25, 0.3) is 0 Å². The van der Waals surface area contributed by atoms with Crippen LogP contribution < -0.4 is 5.32 Å². The van der Waals surface area contributed by atoms with E-state index in [1.54, 1.807) is 0 Å². The Hall–Kier alpha value is -1.53. The van der Waals surface area contributed by atoms with Crippen molar-refractivity contribution >= 4 is 5.91 Å². The molecule has 1 aromatic heterocycles. The standard InChI is InChI=1S/C13H19F2N3O2/c1-8(6-9-4-2-3-5-9)13(19)16-7-10-17-12(11(14)15)18-20-10/h8-9,11H,2-7H2,1H3,(H,16,19). The van der Waals surface area contributed by atoms with Crippen LogP contribution in [0.15, 0.2) is 4.52 Å². The van der Waals surface area contributed by atoms with Crippen LogP contribution in [-0.2, 0) is 11.3 Å². The molecule has 2 rings (SSSR count). The second-order valence-corrected chi connectivity index (χ2v) is 5.35. The topological polar surface area (TPSA) is 68.0 Å². The largest absolute Gasteiger partial charge is 0.347 e. The molecule has 0 aromatic carbocycles. The first-order valence-corrected chi connectivity index (χ1v) is 6.94. The Bertz CT molecular complexity index is 445. The Balaban J connectivity index is 1.75. The van der Waals surface area contributed by atoms with Crippen LogP contribution in [0, 0.1) is 11.8 Å². The van der Waals surface area contributed by atoms with Crippen molar-refractivity contribution in [1.82, 2.24) is 15.5 Å². The van der Waals surface area contributed by atoms with Gasteiger partial charge < -0.3 is 9.84 Å². The van der Waals surface area contributed by atoms with E-state index in [0.29, 0.717) is 5.92 Å². The van der Waals surface area contributed by atoms with Crippen molar-refractivity contribution in [1.29, 1.82) is 0 Å². The fraction of sp³-hybridized carbons (Fsp3) is 0.769. The molecule has 1 atom stereocenters. The summed E-state index contributed by atoms with van der Waals surface area (Å²) < 4.78 is 29.2. The second kappa shape index (κ2) is 6.76. The van der Waals surface area contributed by atoms with Crippen LogP contribution in [-0.4, -0.2) is 16.0 Å². The molecule has 1 N–H and O–H groups in total. The third-order valence-corrected chi connectivity index (χ3v) is 3.70. The first-order valence-electron chi connectivity index (χ1n) is 6.94. The van der Waals surface area contributed by atoms with Gasteiger partial charge in [-0.3, -0.25) is 4.79 Å². The zero-order valence-corrected chi connectivity index (χ0v) is 11.4. The van der Waals surface area contributed by atoms with Crippen LogP contribution >= 0.6 is 0 Å². The van der Waals surface area contributed by atoms with Crippen molar-refractivity contribution in [2.75, 3.05) is 0 Å². The van der Waals surface area contributed by atoms with E-state index in [1.807, 2.05) is 6.92 Å². The average molecular weight is 287 g/mol. The summed E-state index contributed by atoms with van der Waals surface area (Å²) in [4.78, 5) is 15.4. The van der Waals surface area contributed by atoms with E-state index >= 15 is 0 Å². The number of hydrogen-bond acceptors (Lipinski definition) is 4. The number of alkyl halides is 2. The maximum absolute atomic E-state index is 12.3. The maximum Gasteiger partial charge on any atom is 0.300 e. The van der Waals surface area contributed by atoms with Crippen molar-refractivity contribution in [3.05, 3.63) is 11.7 Å². The van der Waals surface area contributed by atoms with Gasteiger partial charge in [-0.15, -0.1) is 0 Å². The van der Waals surface area contributed by atoms with Gasteiger partial charge in [0, 0.05) is 5.92 Å². The zero-order valence-electron chi connectivity index (χ0n) is 11.4. The third-order valence-electron chi connectivity index (χ3n) is 3.70. The lowest BCUT2D eigenvalue weighted by Crippen LogP contribution is -2.29. The highest BCUT2D eigenvalue weighted by molar-refractivity contribution is 5.78. The van der Waals surface area contributed by atoms with Gasteiger partial charge in [-0.2, -0.15) is 4.98 Å². The molecule has 1 aliphatic rings. The minimum Gasteiger partial charge on any atom is -0.347 e. The number of aromatic nitrogens is 2. The quantitative estimate of drug-likeness (QED) is 0.873. The number of halogens is 2. The van der Waals surface area contributed by atoms with Crippen molar-refractivity contribution < 1.29 is 18.1 Å². The van der Waals surface area contributed by atoms with Crippen LogP contribution in [0.1, 0.15) is 57.2 Å². The summed E-state index contributed by atoms with van der Waals surface area (Å²) in [5.74, 6) is -0.205. The van der Waals surface area contributed by atoms with E-state index in [9.17, 15) is 13.6 Å². The lowest BCUT2D eigenvalue weighted by Gasteiger charge is -2.15. The monoisotopic (exact) mass is 287 g/mol. The van der Waals surface area contributed by atoms with Crippen molar-refractivity contribution in [2.45, 2.75) is 52.0 Å². The molecular formula is C13H19F2N3O2. The molecule has 7 heteroatoms. The number of nitrogens with zero attached hydrogens (tertiary/aromatic N) is 2. The highest BCUT2D eigenvalue weighted by Crippen LogP contribution is 2.30. The molecule has 0 spiro atoms. The average Bonchev–Trinajstić information content (AvgIpc) is 3.06. The molecule has 1 saturated carbocycles. The second-order valence-electron chi connectivity index (χ2n) is 5.35. The number of hydrogen-bond donors (Lipinski definition) is 1. The van der Waals surface area contributed by atoms with Gasteiger partial charge in [0.1, 0.15) is 0 Å². The maximum atomic E-state index is 12.3. The summed E-state index contributed by atoms with van der Waals surface area (Å²) in [5, 5.41) is 5.78. The molecule has 0 radical (unpaired) electrons.